The molecule has 1 aromatic rings. The lowest BCUT2D eigenvalue weighted by molar-refractivity contribution is -0.137. The van der Waals surface area contributed by atoms with Gasteiger partial charge in [0.2, 0.25) is 5.91 Å². The minimum Gasteiger partial charge on any atom is -0.481 e. The third kappa shape index (κ3) is 7.34. The van der Waals surface area contributed by atoms with Gasteiger partial charge in [0.05, 0.1) is 0 Å². The minimum atomic E-state index is -0.767. The second-order valence-electron chi connectivity index (χ2n) is 5.33. The number of carbonyl (C=O) groups is 2. The van der Waals surface area contributed by atoms with E-state index in [0.29, 0.717) is 19.4 Å². The molecule has 5 nitrogen and oxygen atoms in total. The zero-order valence-corrected chi connectivity index (χ0v) is 12.5. The lowest BCUT2D eigenvalue weighted by atomic mass is 9.97. The van der Waals surface area contributed by atoms with Crippen molar-refractivity contribution in [3.05, 3.63) is 29.8 Å². The number of carboxylic acid groups (broad SMARTS) is 1. The topological polar surface area (TPSA) is 92.4 Å². The Kier molecular flexibility index (Phi) is 7.29. The van der Waals surface area contributed by atoms with E-state index in [2.05, 4.69) is 5.32 Å². The van der Waals surface area contributed by atoms with Crippen LogP contribution in [-0.2, 0) is 9.59 Å². The van der Waals surface area contributed by atoms with Crippen LogP contribution in [-0.4, -0.2) is 23.5 Å². The molecule has 116 valence electrons. The summed E-state index contributed by atoms with van der Waals surface area (Å²) in [5, 5.41) is 11.4. The maximum Gasteiger partial charge on any atom is 0.303 e. The number of hydrogen-bond acceptors (Lipinski definition) is 3. The van der Waals surface area contributed by atoms with Crippen LogP contribution in [0.15, 0.2) is 24.3 Å². The molecule has 0 aromatic heterocycles. The van der Waals surface area contributed by atoms with Gasteiger partial charge < -0.3 is 16.2 Å². The first-order valence-corrected chi connectivity index (χ1v) is 7.33. The number of nitrogens with one attached hydrogen (secondary N) is 1. The van der Waals surface area contributed by atoms with E-state index in [0.717, 1.165) is 24.1 Å². The number of carbonyl (C=O) groups excluding carboxylic acids is 1. The summed E-state index contributed by atoms with van der Waals surface area (Å²) in [7, 11) is 0. The first-order valence-electron chi connectivity index (χ1n) is 7.33. The molecule has 0 radical (unpaired) electrons. The van der Waals surface area contributed by atoms with Crippen molar-refractivity contribution in [3.8, 4) is 0 Å². The van der Waals surface area contributed by atoms with Gasteiger partial charge in [0.1, 0.15) is 0 Å². The maximum absolute atomic E-state index is 11.8. The Hall–Kier alpha value is -2.04. The van der Waals surface area contributed by atoms with Gasteiger partial charge in [0.25, 0.3) is 0 Å². The van der Waals surface area contributed by atoms with Crippen molar-refractivity contribution in [1.29, 1.82) is 0 Å². The molecule has 0 saturated heterocycles. The van der Waals surface area contributed by atoms with Gasteiger partial charge in [-0.3, -0.25) is 9.59 Å². The second kappa shape index (κ2) is 9.00. The van der Waals surface area contributed by atoms with Crippen molar-refractivity contribution >= 4 is 17.6 Å². The number of aliphatic carboxylic acids is 1. The number of carboxylic acids is 1. The molecular formula is C16H24N2O3. The SMILES string of the molecule is CC(CC(=O)NCCCCCC(=O)O)c1ccc(N)cc1. The number of unbranched alkanes of at least 4 members (excludes halogenated alkanes) is 2. The molecule has 0 fully saturated rings. The van der Waals surface area contributed by atoms with Crippen molar-refractivity contribution in [2.45, 2.75) is 44.9 Å². The first kappa shape index (κ1) is 17.0. The Balaban J connectivity index is 2.18. The fourth-order valence-corrected chi connectivity index (χ4v) is 2.10. The predicted octanol–water partition coefficient (Wildman–Crippen LogP) is 2.52. The molecule has 0 aliphatic carbocycles. The largest absolute Gasteiger partial charge is 0.481 e. The fraction of sp³-hybridized carbons (Fsp3) is 0.500. The Morgan fingerprint density at radius 2 is 1.86 bits per heavy atom. The zero-order valence-electron chi connectivity index (χ0n) is 12.5. The molecule has 0 spiro atoms. The average Bonchev–Trinajstić information content (AvgIpc) is 2.43. The maximum atomic E-state index is 11.8. The molecule has 21 heavy (non-hydrogen) atoms. The van der Waals surface area contributed by atoms with Gasteiger partial charge >= 0.3 is 5.97 Å². The van der Waals surface area contributed by atoms with Crippen molar-refractivity contribution in [1.82, 2.24) is 5.32 Å². The van der Waals surface area contributed by atoms with Crippen LogP contribution >= 0.6 is 0 Å². The highest BCUT2D eigenvalue weighted by molar-refractivity contribution is 5.76. The van der Waals surface area contributed by atoms with Crippen molar-refractivity contribution < 1.29 is 14.7 Å². The van der Waals surface area contributed by atoms with Crippen LogP contribution in [0, 0.1) is 0 Å². The summed E-state index contributed by atoms with van der Waals surface area (Å²) in [5.41, 5.74) is 7.45. The van der Waals surface area contributed by atoms with Crippen molar-refractivity contribution in [2.24, 2.45) is 0 Å². The van der Waals surface area contributed by atoms with Gasteiger partial charge in [-0.05, 0) is 36.5 Å². The first-order chi connectivity index (χ1) is 9.99. The highest BCUT2D eigenvalue weighted by Crippen LogP contribution is 2.19. The van der Waals surface area contributed by atoms with Crippen LogP contribution < -0.4 is 11.1 Å². The minimum absolute atomic E-state index is 0.0255. The standard InChI is InChI=1S/C16H24N2O3/c1-12(13-6-8-14(17)9-7-13)11-15(19)18-10-4-2-3-5-16(20)21/h6-9,12H,2-5,10-11,17H2,1H3,(H,18,19)(H,20,21). The van der Waals surface area contributed by atoms with Gasteiger partial charge in [-0.25, -0.2) is 0 Å². The van der Waals surface area contributed by atoms with E-state index in [1.54, 1.807) is 0 Å². The van der Waals surface area contributed by atoms with Gasteiger partial charge in [-0.2, -0.15) is 0 Å². The van der Waals surface area contributed by atoms with E-state index < -0.39 is 5.97 Å². The number of nitrogens with two attached hydrogens (primary N) is 1. The molecule has 0 heterocycles. The summed E-state index contributed by atoms with van der Waals surface area (Å²) in [6.45, 7) is 2.62. The van der Waals surface area contributed by atoms with Crippen LogP contribution in [0.1, 0.15) is 50.5 Å². The summed E-state index contributed by atoms with van der Waals surface area (Å²) in [6, 6.07) is 7.57. The summed E-state index contributed by atoms with van der Waals surface area (Å²) in [4.78, 5) is 22.1. The molecular weight excluding hydrogens is 268 g/mol. The zero-order chi connectivity index (χ0) is 15.7. The number of amides is 1. The number of anilines is 1. The predicted molar refractivity (Wildman–Crippen MR) is 83.0 cm³/mol. The highest BCUT2D eigenvalue weighted by Gasteiger charge is 2.10. The summed E-state index contributed by atoms with van der Waals surface area (Å²) < 4.78 is 0. The van der Waals surface area contributed by atoms with E-state index in [1.165, 1.54) is 0 Å². The number of hydrogen-bond donors (Lipinski definition) is 3. The third-order valence-electron chi connectivity index (χ3n) is 3.39. The van der Waals surface area contributed by atoms with Crippen LogP contribution in [0.4, 0.5) is 5.69 Å². The second-order valence-corrected chi connectivity index (χ2v) is 5.33. The highest BCUT2D eigenvalue weighted by atomic mass is 16.4. The molecule has 1 unspecified atom stereocenters. The summed E-state index contributed by atoms with van der Waals surface area (Å²) in [5.74, 6) is -0.591. The summed E-state index contributed by atoms with van der Waals surface area (Å²) in [6.07, 6.45) is 2.93. The molecule has 1 atom stereocenters. The molecule has 5 heteroatoms. The van der Waals surface area contributed by atoms with E-state index in [-0.39, 0.29) is 18.2 Å². The van der Waals surface area contributed by atoms with Gasteiger partial charge in [0.15, 0.2) is 0 Å². The Morgan fingerprint density at radius 3 is 2.48 bits per heavy atom. The molecule has 1 aromatic carbocycles. The fourth-order valence-electron chi connectivity index (χ4n) is 2.10. The van der Waals surface area contributed by atoms with Crippen molar-refractivity contribution in [3.63, 3.8) is 0 Å². The van der Waals surface area contributed by atoms with Gasteiger partial charge in [-0.15, -0.1) is 0 Å². The number of rotatable bonds is 9. The number of nitrogen functional groups attached to an aromatic ring is 1. The van der Waals surface area contributed by atoms with E-state index >= 15 is 0 Å². The Morgan fingerprint density at radius 1 is 1.19 bits per heavy atom. The monoisotopic (exact) mass is 292 g/mol. The summed E-state index contributed by atoms with van der Waals surface area (Å²) >= 11 is 0. The average molecular weight is 292 g/mol. The normalized spacial score (nSPS) is 11.9. The molecule has 0 aliphatic rings. The van der Waals surface area contributed by atoms with Crippen LogP contribution in [0.5, 0.6) is 0 Å². The Labute approximate surface area is 125 Å². The Bertz CT molecular complexity index is 457. The molecule has 0 saturated carbocycles. The van der Waals surface area contributed by atoms with Crippen LogP contribution in [0.25, 0.3) is 0 Å². The molecule has 1 amide bonds. The smallest absolute Gasteiger partial charge is 0.303 e. The number of benzene rings is 1. The van der Waals surface area contributed by atoms with Gasteiger partial charge in [0, 0.05) is 25.1 Å². The molecule has 1 rings (SSSR count). The lowest BCUT2D eigenvalue weighted by Crippen LogP contribution is -2.25. The molecule has 4 N–H and O–H groups in total. The molecule has 0 aliphatic heterocycles. The van der Waals surface area contributed by atoms with Crippen molar-refractivity contribution in [2.75, 3.05) is 12.3 Å². The van der Waals surface area contributed by atoms with Gasteiger partial charge in [-0.1, -0.05) is 25.5 Å². The van der Waals surface area contributed by atoms with Crippen LogP contribution in [0.2, 0.25) is 0 Å². The van der Waals surface area contributed by atoms with E-state index in [9.17, 15) is 9.59 Å². The van der Waals surface area contributed by atoms with E-state index in [4.69, 9.17) is 10.8 Å². The van der Waals surface area contributed by atoms with Crippen LogP contribution in [0.3, 0.4) is 0 Å². The van der Waals surface area contributed by atoms with E-state index in [1.807, 2.05) is 31.2 Å². The lowest BCUT2D eigenvalue weighted by Gasteiger charge is -2.12. The quantitative estimate of drug-likeness (QED) is 0.481. The molecule has 0 bridgehead atoms. The third-order valence-corrected chi connectivity index (χ3v) is 3.39.